The Labute approximate surface area is 167 Å². The van der Waals surface area contributed by atoms with Crippen molar-refractivity contribution in [2.24, 2.45) is 27.5 Å². The highest BCUT2D eigenvalue weighted by molar-refractivity contribution is 5.93. The van der Waals surface area contributed by atoms with Crippen LogP contribution in [-0.4, -0.2) is 17.0 Å². The molecule has 2 aromatic carbocycles. The minimum Gasteiger partial charge on any atom is -0.508 e. The average molecular weight is 373 g/mol. The van der Waals surface area contributed by atoms with Gasteiger partial charge in [-0.1, -0.05) is 43.3 Å². The Morgan fingerprint density at radius 3 is 2.75 bits per heavy atom. The first-order valence-electron chi connectivity index (χ1n) is 10.6. The molecule has 0 unspecified atom stereocenters. The second kappa shape index (κ2) is 6.88. The van der Waals surface area contributed by atoms with Gasteiger partial charge < -0.3 is 5.11 Å². The van der Waals surface area contributed by atoms with Gasteiger partial charge in [0.05, 0.1) is 6.21 Å². The number of rotatable bonds is 2. The normalized spacial score (nSPS) is 32.9. The molecule has 28 heavy (non-hydrogen) atoms. The van der Waals surface area contributed by atoms with Crippen molar-refractivity contribution >= 4 is 11.9 Å². The minimum atomic E-state index is 0.198. The zero-order chi connectivity index (χ0) is 19.1. The third kappa shape index (κ3) is 2.88. The predicted molar refractivity (Wildman–Crippen MR) is 114 cm³/mol. The van der Waals surface area contributed by atoms with Crippen LogP contribution < -0.4 is 0 Å². The van der Waals surface area contributed by atoms with Crippen molar-refractivity contribution in [3.05, 3.63) is 65.2 Å². The van der Waals surface area contributed by atoms with Crippen LogP contribution in [0.1, 0.15) is 61.6 Å². The number of fused-ring (bicyclic) bond motifs is 5. The van der Waals surface area contributed by atoms with Crippen LogP contribution >= 0.6 is 0 Å². The largest absolute Gasteiger partial charge is 0.508 e. The molecule has 2 aromatic rings. The van der Waals surface area contributed by atoms with Crippen molar-refractivity contribution in [3.63, 3.8) is 0 Å². The van der Waals surface area contributed by atoms with E-state index in [-0.39, 0.29) is 5.41 Å². The van der Waals surface area contributed by atoms with E-state index < -0.39 is 0 Å². The topological polar surface area (TPSA) is 45.0 Å². The molecule has 0 saturated heterocycles. The van der Waals surface area contributed by atoms with E-state index in [4.69, 9.17) is 5.10 Å². The Bertz CT molecular complexity index is 933. The third-order valence-corrected chi connectivity index (χ3v) is 7.64. The first-order valence-corrected chi connectivity index (χ1v) is 10.6. The van der Waals surface area contributed by atoms with Crippen molar-refractivity contribution in [3.8, 4) is 5.75 Å². The maximum atomic E-state index is 9.85. The van der Waals surface area contributed by atoms with Crippen LogP contribution in [0.25, 0.3) is 0 Å². The van der Waals surface area contributed by atoms with Gasteiger partial charge in [-0.2, -0.15) is 10.2 Å². The first kappa shape index (κ1) is 17.7. The molecule has 0 aliphatic heterocycles. The smallest absolute Gasteiger partial charge is 0.115 e. The number of nitrogens with zero attached hydrogens (tertiary/aromatic N) is 2. The summed E-state index contributed by atoms with van der Waals surface area (Å²) in [6.45, 7) is 2.43. The number of hydrogen-bond donors (Lipinski definition) is 1. The molecule has 2 saturated carbocycles. The summed E-state index contributed by atoms with van der Waals surface area (Å²) in [4.78, 5) is 0. The zero-order valence-electron chi connectivity index (χ0n) is 16.5. The Morgan fingerprint density at radius 1 is 1.04 bits per heavy atom. The van der Waals surface area contributed by atoms with E-state index in [1.54, 1.807) is 0 Å². The van der Waals surface area contributed by atoms with Gasteiger partial charge in [0.1, 0.15) is 5.75 Å². The molecule has 2 fully saturated rings. The number of benzene rings is 2. The van der Waals surface area contributed by atoms with E-state index in [0.717, 1.165) is 24.3 Å². The summed E-state index contributed by atoms with van der Waals surface area (Å²) < 4.78 is 0. The van der Waals surface area contributed by atoms with Gasteiger partial charge in [-0.15, -0.1) is 0 Å². The lowest BCUT2D eigenvalue weighted by Crippen LogP contribution is -2.42. The molecule has 3 aliphatic rings. The number of aryl methyl sites for hydroxylation is 1. The quantitative estimate of drug-likeness (QED) is 0.531. The van der Waals surface area contributed by atoms with Gasteiger partial charge in [0.25, 0.3) is 0 Å². The standard InChI is InChI=1S/C25H28N2O/c1-25-14-13-21-20-10-8-19(28)15-18(20)7-9-22(21)23(25)11-12-24(25)27-26-16-17-5-3-2-4-6-17/h2-6,8,10,15-16,21-23,28H,7,9,11-14H2,1H3/b26-16-,27-24-/t21-,22+,23+,25+/m1/s1. The number of phenolic OH excluding ortho intramolecular Hbond substituents is 1. The lowest BCUT2D eigenvalue weighted by atomic mass is 9.55. The molecule has 144 valence electrons. The molecule has 0 spiro atoms. The highest BCUT2D eigenvalue weighted by Crippen LogP contribution is 2.60. The summed E-state index contributed by atoms with van der Waals surface area (Å²) in [6.07, 6.45) is 8.94. The molecular weight excluding hydrogens is 344 g/mol. The molecule has 0 aromatic heterocycles. The SMILES string of the molecule is C[C@]12CC[C@@H]3c4ccc(O)cc4CC[C@@H]3[C@@H]1CC/C2=N/N=C\c1ccccc1. The van der Waals surface area contributed by atoms with Crippen molar-refractivity contribution in [1.29, 1.82) is 0 Å². The van der Waals surface area contributed by atoms with E-state index in [1.807, 2.05) is 36.5 Å². The van der Waals surface area contributed by atoms with Crippen LogP contribution in [-0.2, 0) is 6.42 Å². The van der Waals surface area contributed by atoms with Crippen LogP contribution in [0, 0.1) is 17.3 Å². The van der Waals surface area contributed by atoms with Crippen molar-refractivity contribution < 1.29 is 5.11 Å². The maximum absolute atomic E-state index is 9.85. The molecule has 1 N–H and O–H groups in total. The molecule has 4 atom stereocenters. The maximum Gasteiger partial charge on any atom is 0.115 e. The van der Waals surface area contributed by atoms with E-state index in [9.17, 15) is 5.11 Å². The average Bonchev–Trinajstić information content (AvgIpc) is 3.05. The molecule has 0 radical (unpaired) electrons. The summed E-state index contributed by atoms with van der Waals surface area (Å²) in [5.41, 5.74) is 5.46. The fourth-order valence-electron chi connectivity index (χ4n) is 6.23. The molecule has 0 bridgehead atoms. The van der Waals surface area contributed by atoms with E-state index in [0.29, 0.717) is 17.6 Å². The first-order chi connectivity index (χ1) is 13.6. The third-order valence-electron chi connectivity index (χ3n) is 7.64. The van der Waals surface area contributed by atoms with E-state index in [1.165, 1.54) is 42.5 Å². The molecular formula is C25H28N2O. The summed E-state index contributed by atoms with van der Waals surface area (Å²) in [5.74, 6) is 2.50. The number of hydrogen-bond acceptors (Lipinski definition) is 3. The molecule has 3 nitrogen and oxygen atoms in total. The van der Waals surface area contributed by atoms with Gasteiger partial charge in [0.2, 0.25) is 0 Å². The van der Waals surface area contributed by atoms with Crippen LogP contribution in [0.4, 0.5) is 0 Å². The molecule has 3 aliphatic carbocycles. The summed E-state index contributed by atoms with van der Waals surface area (Å²) in [5, 5.41) is 19.0. The monoisotopic (exact) mass is 372 g/mol. The Kier molecular flexibility index (Phi) is 4.34. The van der Waals surface area contributed by atoms with Crippen molar-refractivity contribution in [2.75, 3.05) is 0 Å². The minimum absolute atomic E-state index is 0.198. The lowest BCUT2D eigenvalue weighted by molar-refractivity contribution is 0.0955. The number of phenols is 1. The van der Waals surface area contributed by atoms with Gasteiger partial charge in [-0.05, 0) is 85.1 Å². The van der Waals surface area contributed by atoms with Crippen molar-refractivity contribution in [2.45, 2.75) is 51.4 Å². The van der Waals surface area contributed by atoms with Gasteiger partial charge in [0, 0.05) is 11.1 Å². The van der Waals surface area contributed by atoms with Crippen LogP contribution in [0.3, 0.4) is 0 Å². The molecule has 0 heterocycles. The Balaban J connectivity index is 1.39. The number of aromatic hydroxyl groups is 1. The fourth-order valence-corrected chi connectivity index (χ4v) is 6.23. The summed E-state index contributed by atoms with van der Waals surface area (Å²) in [7, 11) is 0. The van der Waals surface area contributed by atoms with Crippen LogP contribution in [0.5, 0.6) is 5.75 Å². The van der Waals surface area contributed by atoms with Crippen LogP contribution in [0.15, 0.2) is 58.7 Å². The second-order valence-corrected chi connectivity index (χ2v) is 9.00. The van der Waals surface area contributed by atoms with Crippen LogP contribution in [0.2, 0.25) is 0 Å². The van der Waals surface area contributed by atoms with E-state index >= 15 is 0 Å². The molecule has 5 rings (SSSR count). The molecule has 3 heteroatoms. The Hall–Kier alpha value is -2.42. The van der Waals surface area contributed by atoms with Crippen molar-refractivity contribution in [1.82, 2.24) is 0 Å². The second-order valence-electron chi connectivity index (χ2n) is 9.00. The van der Waals surface area contributed by atoms with Gasteiger partial charge in [0.15, 0.2) is 0 Å². The molecule has 0 amide bonds. The highest BCUT2D eigenvalue weighted by atomic mass is 16.3. The van der Waals surface area contributed by atoms with Gasteiger partial charge in [-0.3, -0.25) is 0 Å². The van der Waals surface area contributed by atoms with Gasteiger partial charge in [-0.25, -0.2) is 0 Å². The fraction of sp³-hybridized carbons (Fsp3) is 0.440. The predicted octanol–water partition coefficient (Wildman–Crippen LogP) is 5.72. The lowest BCUT2D eigenvalue weighted by Gasteiger charge is -2.49. The zero-order valence-corrected chi connectivity index (χ0v) is 16.5. The van der Waals surface area contributed by atoms with Gasteiger partial charge >= 0.3 is 0 Å². The highest BCUT2D eigenvalue weighted by Gasteiger charge is 2.53. The Morgan fingerprint density at radius 2 is 1.89 bits per heavy atom. The summed E-state index contributed by atoms with van der Waals surface area (Å²) in [6, 6.07) is 16.2. The summed E-state index contributed by atoms with van der Waals surface area (Å²) >= 11 is 0. The van der Waals surface area contributed by atoms with E-state index in [2.05, 4.69) is 30.2 Å².